The van der Waals surface area contributed by atoms with E-state index < -0.39 is 0 Å². The molecular weight excluding hydrogens is 320 g/mol. The van der Waals surface area contributed by atoms with Gasteiger partial charge >= 0.3 is 0 Å². The van der Waals surface area contributed by atoms with E-state index in [0.29, 0.717) is 12.0 Å². The number of nitrogens with zero attached hydrogens (tertiary/aromatic N) is 1. The largest absolute Gasteiger partial charge is 0.314 e. The van der Waals surface area contributed by atoms with Gasteiger partial charge in [-0.05, 0) is 30.4 Å². The molecule has 1 aliphatic carbocycles. The van der Waals surface area contributed by atoms with Gasteiger partial charge in [0.15, 0.2) is 0 Å². The third-order valence-corrected chi connectivity index (χ3v) is 5.14. The molecule has 2 aromatic rings. The summed E-state index contributed by atoms with van der Waals surface area (Å²) in [5.74, 6) is 0.715. The molecule has 1 heterocycles. The van der Waals surface area contributed by atoms with Crippen molar-refractivity contribution in [2.75, 3.05) is 6.54 Å². The lowest BCUT2D eigenvalue weighted by Crippen LogP contribution is -2.41. The summed E-state index contributed by atoms with van der Waals surface area (Å²) in [7, 11) is 0. The number of nitrogens with one attached hydrogen (secondary N) is 1. The van der Waals surface area contributed by atoms with E-state index in [1.807, 2.05) is 5.51 Å². The molecule has 4 heteroatoms. The van der Waals surface area contributed by atoms with E-state index in [1.54, 1.807) is 11.3 Å². The van der Waals surface area contributed by atoms with Crippen molar-refractivity contribution < 1.29 is 0 Å². The zero-order chi connectivity index (χ0) is 13.1. The van der Waals surface area contributed by atoms with Gasteiger partial charge in [-0.3, -0.25) is 0 Å². The highest BCUT2D eigenvalue weighted by Gasteiger charge is 2.30. The van der Waals surface area contributed by atoms with Gasteiger partial charge in [-0.15, -0.1) is 11.3 Å². The summed E-state index contributed by atoms with van der Waals surface area (Å²) >= 11 is 5.32. The summed E-state index contributed by atoms with van der Waals surface area (Å²) < 4.78 is 1.25. The first kappa shape index (κ1) is 13.3. The van der Waals surface area contributed by atoms with Crippen molar-refractivity contribution in [2.45, 2.75) is 31.2 Å². The Labute approximate surface area is 126 Å². The van der Waals surface area contributed by atoms with Crippen molar-refractivity contribution in [3.05, 3.63) is 50.9 Å². The van der Waals surface area contributed by atoms with Crippen LogP contribution in [-0.4, -0.2) is 17.6 Å². The summed E-state index contributed by atoms with van der Waals surface area (Å²) in [5, 5.41) is 5.76. The number of benzene rings is 1. The molecule has 0 atom stereocenters. The van der Waals surface area contributed by atoms with Crippen LogP contribution >= 0.6 is 27.3 Å². The predicted octanol–water partition coefficient (Wildman–Crippen LogP) is 3.98. The number of halogens is 1. The lowest BCUT2D eigenvalue weighted by Gasteiger charge is -2.37. The topological polar surface area (TPSA) is 24.9 Å². The number of hydrogen-bond acceptors (Lipinski definition) is 3. The van der Waals surface area contributed by atoms with Gasteiger partial charge in [0.2, 0.25) is 0 Å². The molecular formula is C15H17BrN2S. The minimum Gasteiger partial charge on any atom is -0.314 e. The van der Waals surface area contributed by atoms with Crippen LogP contribution in [0.4, 0.5) is 0 Å². The molecule has 2 nitrogen and oxygen atoms in total. The number of aromatic nitrogens is 1. The van der Waals surface area contributed by atoms with Gasteiger partial charge in [-0.2, -0.15) is 0 Å². The smallest absolute Gasteiger partial charge is 0.0794 e. The average Bonchev–Trinajstić information content (AvgIpc) is 2.87. The van der Waals surface area contributed by atoms with Crippen LogP contribution in [0.3, 0.4) is 0 Å². The second-order valence-electron chi connectivity index (χ2n) is 5.07. The highest BCUT2D eigenvalue weighted by atomic mass is 79.9. The maximum absolute atomic E-state index is 4.30. The van der Waals surface area contributed by atoms with E-state index in [4.69, 9.17) is 0 Å². The monoisotopic (exact) mass is 336 g/mol. The zero-order valence-corrected chi connectivity index (χ0v) is 13.1. The van der Waals surface area contributed by atoms with Gasteiger partial charge in [0.1, 0.15) is 0 Å². The predicted molar refractivity (Wildman–Crippen MR) is 83.7 cm³/mol. The van der Waals surface area contributed by atoms with Crippen LogP contribution in [0.25, 0.3) is 0 Å². The Balaban J connectivity index is 1.42. The summed E-state index contributed by atoms with van der Waals surface area (Å²) in [6.07, 6.45) is 3.54. The van der Waals surface area contributed by atoms with Crippen LogP contribution in [0, 0.1) is 0 Å². The molecule has 0 unspecified atom stereocenters. The van der Waals surface area contributed by atoms with Crippen molar-refractivity contribution in [3.8, 4) is 0 Å². The normalized spacial score (nSPS) is 22.2. The fourth-order valence-electron chi connectivity index (χ4n) is 2.61. The quantitative estimate of drug-likeness (QED) is 0.893. The fourth-order valence-corrected chi connectivity index (χ4v) is 3.81. The molecule has 19 heavy (non-hydrogen) atoms. The molecule has 0 saturated heterocycles. The van der Waals surface area contributed by atoms with Crippen molar-refractivity contribution >= 4 is 27.3 Å². The van der Waals surface area contributed by atoms with Gasteiger partial charge in [-0.1, -0.05) is 34.1 Å². The minimum atomic E-state index is 0.677. The SMILES string of the molecule is Brc1ccccc1C1CC(NCCc2cscn2)C1. The van der Waals surface area contributed by atoms with Crippen LogP contribution < -0.4 is 5.32 Å². The van der Waals surface area contributed by atoms with Gasteiger partial charge < -0.3 is 5.32 Å². The van der Waals surface area contributed by atoms with E-state index in [1.165, 1.54) is 28.6 Å². The molecule has 1 fully saturated rings. The summed E-state index contributed by atoms with van der Waals surface area (Å²) in [4.78, 5) is 4.30. The third kappa shape index (κ3) is 3.25. The molecule has 100 valence electrons. The maximum Gasteiger partial charge on any atom is 0.0794 e. The van der Waals surface area contributed by atoms with Crippen LogP contribution in [0.15, 0.2) is 39.6 Å². The third-order valence-electron chi connectivity index (χ3n) is 3.78. The van der Waals surface area contributed by atoms with Gasteiger partial charge in [0.25, 0.3) is 0 Å². The van der Waals surface area contributed by atoms with E-state index in [2.05, 4.69) is 55.9 Å². The van der Waals surface area contributed by atoms with Crippen molar-refractivity contribution in [1.29, 1.82) is 0 Å². The van der Waals surface area contributed by atoms with Crippen molar-refractivity contribution in [1.82, 2.24) is 10.3 Å². The van der Waals surface area contributed by atoms with Gasteiger partial charge in [0, 0.05) is 28.9 Å². The molecule has 3 rings (SSSR count). The Morgan fingerprint density at radius 3 is 2.89 bits per heavy atom. The number of hydrogen-bond donors (Lipinski definition) is 1. The average molecular weight is 337 g/mol. The van der Waals surface area contributed by atoms with Crippen LogP contribution in [0.1, 0.15) is 30.0 Å². The van der Waals surface area contributed by atoms with E-state index in [0.717, 1.165) is 13.0 Å². The Hall–Kier alpha value is -0.710. The number of thiazole rings is 1. The zero-order valence-electron chi connectivity index (χ0n) is 10.7. The van der Waals surface area contributed by atoms with Gasteiger partial charge in [0.05, 0.1) is 11.2 Å². The van der Waals surface area contributed by atoms with Crippen LogP contribution in [-0.2, 0) is 6.42 Å². The first-order valence-corrected chi connectivity index (χ1v) is 8.41. The molecule has 0 aliphatic heterocycles. The standard InChI is InChI=1S/C15H17BrN2S/c16-15-4-2-1-3-14(15)11-7-13(8-11)17-6-5-12-9-19-10-18-12/h1-4,9-11,13,17H,5-8H2. The van der Waals surface area contributed by atoms with Gasteiger partial charge in [-0.25, -0.2) is 4.98 Å². The summed E-state index contributed by atoms with van der Waals surface area (Å²) in [6.45, 7) is 1.04. The van der Waals surface area contributed by atoms with E-state index in [-0.39, 0.29) is 0 Å². The maximum atomic E-state index is 4.30. The second-order valence-corrected chi connectivity index (χ2v) is 6.64. The Bertz CT molecular complexity index is 521. The summed E-state index contributed by atoms with van der Waals surface area (Å²) in [5.41, 5.74) is 4.57. The first-order valence-electron chi connectivity index (χ1n) is 6.68. The van der Waals surface area contributed by atoms with Crippen LogP contribution in [0.5, 0.6) is 0 Å². The second kappa shape index (κ2) is 6.16. The number of rotatable bonds is 5. The Morgan fingerprint density at radius 2 is 2.16 bits per heavy atom. The van der Waals surface area contributed by atoms with Crippen molar-refractivity contribution in [2.24, 2.45) is 0 Å². The Kier molecular flexibility index (Phi) is 4.31. The minimum absolute atomic E-state index is 0.677. The molecule has 1 aromatic carbocycles. The first-order chi connectivity index (χ1) is 9.33. The molecule has 1 aromatic heterocycles. The molecule has 0 radical (unpaired) electrons. The lowest BCUT2D eigenvalue weighted by molar-refractivity contribution is 0.292. The van der Waals surface area contributed by atoms with E-state index >= 15 is 0 Å². The summed E-state index contributed by atoms with van der Waals surface area (Å²) in [6, 6.07) is 9.26. The highest BCUT2D eigenvalue weighted by Crippen LogP contribution is 2.39. The lowest BCUT2D eigenvalue weighted by atomic mass is 9.76. The molecule has 0 spiro atoms. The van der Waals surface area contributed by atoms with Crippen LogP contribution in [0.2, 0.25) is 0 Å². The Morgan fingerprint density at radius 1 is 1.32 bits per heavy atom. The highest BCUT2D eigenvalue weighted by molar-refractivity contribution is 9.10. The van der Waals surface area contributed by atoms with E-state index in [9.17, 15) is 0 Å². The van der Waals surface area contributed by atoms with Crippen molar-refractivity contribution in [3.63, 3.8) is 0 Å². The molecule has 1 aliphatic rings. The molecule has 0 bridgehead atoms. The molecule has 1 N–H and O–H groups in total. The molecule has 1 saturated carbocycles. The fraction of sp³-hybridized carbons (Fsp3) is 0.400. The molecule has 0 amide bonds.